The fraction of sp³-hybridized carbons (Fsp3) is 0.286. The van der Waals surface area contributed by atoms with Gasteiger partial charge in [-0.2, -0.15) is 13.2 Å². The largest absolute Gasteiger partial charge is 0.491 e. The summed E-state index contributed by atoms with van der Waals surface area (Å²) in [6.45, 7) is 5.25. The minimum absolute atomic E-state index is 0.0470. The molecule has 4 rings (SSSR count). The zero-order valence-corrected chi connectivity index (χ0v) is 19.6. The van der Waals surface area contributed by atoms with Gasteiger partial charge in [-0.3, -0.25) is 0 Å². The number of halogens is 5. The maximum absolute atomic E-state index is 14.7. The van der Waals surface area contributed by atoms with E-state index in [1.54, 1.807) is 37.3 Å². The first-order valence-electron chi connectivity index (χ1n) is 11.6. The molecule has 3 aromatic rings. The second kappa shape index (κ2) is 10.7. The minimum atomic E-state index is -3.60. The Morgan fingerprint density at radius 2 is 1.58 bits per heavy atom. The molecule has 1 fully saturated rings. The molecule has 190 valence electrons. The van der Waals surface area contributed by atoms with Crippen LogP contribution in [0.5, 0.6) is 11.5 Å². The lowest BCUT2D eigenvalue weighted by Gasteiger charge is -2.32. The van der Waals surface area contributed by atoms with Crippen molar-refractivity contribution in [2.45, 2.75) is 32.0 Å². The Balaban J connectivity index is 1.49. The first-order valence-corrected chi connectivity index (χ1v) is 11.6. The van der Waals surface area contributed by atoms with E-state index in [1.165, 1.54) is 18.2 Å². The first kappa shape index (κ1) is 25.7. The summed E-state index contributed by atoms with van der Waals surface area (Å²) in [6.07, 6.45) is -1.77. The molecule has 2 unspecified atom stereocenters. The summed E-state index contributed by atoms with van der Waals surface area (Å²) < 4.78 is 87.8. The molecule has 8 heteroatoms. The Morgan fingerprint density at radius 1 is 0.917 bits per heavy atom. The van der Waals surface area contributed by atoms with E-state index < -0.39 is 35.2 Å². The molecule has 2 atom stereocenters. The van der Waals surface area contributed by atoms with Crippen molar-refractivity contribution in [2.24, 2.45) is 5.92 Å². The number of rotatable bonds is 8. The third kappa shape index (κ3) is 5.38. The highest BCUT2D eigenvalue weighted by molar-refractivity contribution is 5.71. The monoisotopic (exact) mass is 504 g/mol. The van der Waals surface area contributed by atoms with Crippen LogP contribution in [0, 0.1) is 23.4 Å². The van der Waals surface area contributed by atoms with Gasteiger partial charge in [-0.25, -0.2) is 8.78 Å². The van der Waals surface area contributed by atoms with E-state index in [0.29, 0.717) is 23.1 Å². The van der Waals surface area contributed by atoms with Gasteiger partial charge in [-0.15, -0.1) is 6.58 Å². The fourth-order valence-corrected chi connectivity index (χ4v) is 4.08. The van der Waals surface area contributed by atoms with Gasteiger partial charge in [0.1, 0.15) is 0 Å². The van der Waals surface area contributed by atoms with Crippen LogP contribution < -0.4 is 9.47 Å². The van der Waals surface area contributed by atoms with Gasteiger partial charge in [0.2, 0.25) is 5.82 Å². The van der Waals surface area contributed by atoms with Crippen LogP contribution in [-0.4, -0.2) is 25.4 Å². The Labute approximate surface area is 206 Å². The summed E-state index contributed by atoms with van der Waals surface area (Å²) in [6, 6.07) is 12.8. The van der Waals surface area contributed by atoms with Crippen LogP contribution >= 0.6 is 0 Å². The molecule has 0 saturated carbocycles. The van der Waals surface area contributed by atoms with E-state index >= 15 is 0 Å². The summed E-state index contributed by atoms with van der Waals surface area (Å²) >= 11 is 0. The summed E-state index contributed by atoms with van der Waals surface area (Å²) in [7, 11) is 0. The Bertz CT molecular complexity index is 1220. The van der Waals surface area contributed by atoms with Crippen LogP contribution in [-0.2, 0) is 4.74 Å². The number of benzene rings is 3. The van der Waals surface area contributed by atoms with Crippen LogP contribution in [0.3, 0.4) is 0 Å². The van der Waals surface area contributed by atoms with Crippen LogP contribution in [0.1, 0.15) is 19.8 Å². The lowest BCUT2D eigenvalue weighted by atomic mass is 9.97. The molecule has 3 nitrogen and oxygen atoms in total. The van der Waals surface area contributed by atoms with Crippen LogP contribution in [0.2, 0.25) is 0 Å². The van der Waals surface area contributed by atoms with Crippen molar-refractivity contribution in [1.29, 1.82) is 0 Å². The van der Waals surface area contributed by atoms with Crippen LogP contribution in [0.15, 0.2) is 67.3 Å². The molecule has 3 aromatic carbocycles. The Kier molecular flexibility index (Phi) is 7.64. The SMILES string of the molecule is C=CC1CCC(C(F)(F)Oc2ccc(-c3ccc(-c4ccc(OCC)c(F)c4F)cc3)cc2F)CO1. The predicted octanol–water partition coefficient (Wildman–Crippen LogP) is 7.79. The molecule has 1 aliphatic heterocycles. The summed E-state index contributed by atoms with van der Waals surface area (Å²) in [4.78, 5) is 0. The van der Waals surface area contributed by atoms with E-state index in [0.717, 1.165) is 12.1 Å². The molecule has 1 heterocycles. The first-order chi connectivity index (χ1) is 17.2. The van der Waals surface area contributed by atoms with Gasteiger partial charge in [-0.05, 0) is 60.7 Å². The third-order valence-electron chi connectivity index (χ3n) is 6.10. The van der Waals surface area contributed by atoms with Crippen molar-refractivity contribution in [3.05, 3.63) is 84.7 Å². The molecule has 0 bridgehead atoms. The lowest BCUT2D eigenvalue weighted by molar-refractivity contribution is -0.239. The molecule has 0 amide bonds. The van der Waals surface area contributed by atoms with Crippen molar-refractivity contribution in [3.8, 4) is 33.8 Å². The normalized spacial score (nSPS) is 18.1. The average Bonchev–Trinajstić information content (AvgIpc) is 2.88. The molecule has 0 N–H and O–H groups in total. The molecular weight excluding hydrogens is 479 g/mol. The standard InChI is InChI=1S/C28H25F5O3/c1-3-21-11-10-20(16-35-21)28(32,33)36-24-13-9-19(15-23(24)29)17-5-7-18(8-6-17)22-12-14-25(34-4-2)27(31)26(22)30/h3,5-9,12-15,20-21H,1,4,10-11,16H2,2H3. The van der Waals surface area contributed by atoms with Gasteiger partial charge in [0.15, 0.2) is 23.1 Å². The van der Waals surface area contributed by atoms with E-state index in [2.05, 4.69) is 6.58 Å². The second-order valence-electron chi connectivity index (χ2n) is 8.44. The highest BCUT2D eigenvalue weighted by atomic mass is 19.3. The molecule has 0 radical (unpaired) electrons. The Morgan fingerprint density at radius 3 is 2.19 bits per heavy atom. The maximum atomic E-state index is 14.7. The number of ether oxygens (including phenoxy) is 3. The molecule has 1 aliphatic rings. The fourth-order valence-electron chi connectivity index (χ4n) is 4.08. The predicted molar refractivity (Wildman–Crippen MR) is 127 cm³/mol. The number of alkyl halides is 2. The van der Waals surface area contributed by atoms with Crippen molar-refractivity contribution < 1.29 is 36.2 Å². The second-order valence-corrected chi connectivity index (χ2v) is 8.44. The lowest BCUT2D eigenvalue weighted by Crippen LogP contribution is -2.41. The van der Waals surface area contributed by atoms with E-state index in [-0.39, 0.29) is 37.1 Å². The highest BCUT2D eigenvalue weighted by Gasteiger charge is 2.44. The van der Waals surface area contributed by atoms with Crippen molar-refractivity contribution in [3.63, 3.8) is 0 Å². The quantitative estimate of drug-likeness (QED) is 0.232. The van der Waals surface area contributed by atoms with Gasteiger partial charge in [0.05, 0.1) is 25.2 Å². The summed E-state index contributed by atoms with van der Waals surface area (Å²) in [5.41, 5.74) is 1.42. The highest BCUT2D eigenvalue weighted by Crippen LogP contribution is 2.37. The zero-order valence-electron chi connectivity index (χ0n) is 19.6. The molecule has 0 spiro atoms. The van der Waals surface area contributed by atoms with Gasteiger partial charge >= 0.3 is 6.11 Å². The van der Waals surface area contributed by atoms with Gasteiger partial charge in [0, 0.05) is 5.56 Å². The van der Waals surface area contributed by atoms with Crippen molar-refractivity contribution >= 4 is 0 Å². The molecule has 0 aromatic heterocycles. The molecule has 0 aliphatic carbocycles. The smallest absolute Gasteiger partial charge is 0.403 e. The van der Waals surface area contributed by atoms with Gasteiger partial charge in [-0.1, -0.05) is 36.4 Å². The molecule has 1 saturated heterocycles. The molecular formula is C28H25F5O3. The van der Waals surface area contributed by atoms with Crippen molar-refractivity contribution in [1.82, 2.24) is 0 Å². The third-order valence-corrected chi connectivity index (χ3v) is 6.10. The van der Waals surface area contributed by atoms with Crippen molar-refractivity contribution in [2.75, 3.05) is 13.2 Å². The van der Waals surface area contributed by atoms with E-state index in [1.807, 2.05) is 0 Å². The molecule has 36 heavy (non-hydrogen) atoms. The van der Waals surface area contributed by atoms with E-state index in [9.17, 15) is 22.0 Å². The van der Waals surface area contributed by atoms with Gasteiger partial charge < -0.3 is 14.2 Å². The van der Waals surface area contributed by atoms with Gasteiger partial charge in [0.25, 0.3) is 0 Å². The van der Waals surface area contributed by atoms with Crippen LogP contribution in [0.4, 0.5) is 22.0 Å². The topological polar surface area (TPSA) is 27.7 Å². The van der Waals surface area contributed by atoms with Crippen LogP contribution in [0.25, 0.3) is 22.3 Å². The Hall–Kier alpha value is -3.39. The van der Waals surface area contributed by atoms with E-state index in [4.69, 9.17) is 14.2 Å². The number of hydrogen-bond donors (Lipinski definition) is 0. The minimum Gasteiger partial charge on any atom is -0.491 e. The summed E-state index contributed by atoms with van der Waals surface area (Å²) in [5.74, 6) is -5.00. The summed E-state index contributed by atoms with van der Waals surface area (Å²) in [5, 5.41) is 0. The maximum Gasteiger partial charge on any atom is 0.403 e. The zero-order chi connectivity index (χ0) is 25.9. The number of hydrogen-bond acceptors (Lipinski definition) is 3. The average molecular weight is 504 g/mol.